The summed E-state index contributed by atoms with van der Waals surface area (Å²) >= 11 is 0. The lowest BCUT2D eigenvalue weighted by molar-refractivity contribution is -0.211. The number of hydrogen-bond donors (Lipinski definition) is 2. The number of carbonyl (C=O) groups is 1. The van der Waals surface area contributed by atoms with Gasteiger partial charge in [0, 0.05) is 26.9 Å². The summed E-state index contributed by atoms with van der Waals surface area (Å²) in [5, 5.41) is 22.6. The maximum Gasteiger partial charge on any atom is 0.340 e. The summed E-state index contributed by atoms with van der Waals surface area (Å²) < 4.78 is 23.6. The smallest absolute Gasteiger partial charge is 0.340 e. The number of methoxy groups -OCH3 is 1. The van der Waals surface area contributed by atoms with Crippen LogP contribution >= 0.6 is 0 Å². The molecule has 6 atom stereocenters. The Labute approximate surface area is 233 Å². The minimum Gasteiger partial charge on any atom is -0.456 e. The van der Waals surface area contributed by atoms with Crippen LogP contribution in [0.15, 0.2) is 23.0 Å². The topological polar surface area (TPSA) is 94.5 Å². The summed E-state index contributed by atoms with van der Waals surface area (Å²) in [6.07, 6.45) is 2.39. The predicted molar refractivity (Wildman–Crippen MR) is 155 cm³/mol. The number of esters is 1. The van der Waals surface area contributed by atoms with Gasteiger partial charge in [-0.1, -0.05) is 41.5 Å². The first-order chi connectivity index (χ1) is 17.1. The van der Waals surface area contributed by atoms with Crippen LogP contribution < -0.4 is 0 Å². The van der Waals surface area contributed by atoms with E-state index < -0.39 is 25.8 Å². The van der Waals surface area contributed by atoms with E-state index in [9.17, 15) is 15.0 Å². The van der Waals surface area contributed by atoms with Crippen molar-refractivity contribution in [3.63, 3.8) is 0 Å². The van der Waals surface area contributed by atoms with Crippen LogP contribution in [0, 0.1) is 11.8 Å². The van der Waals surface area contributed by atoms with E-state index in [0.717, 1.165) is 0 Å². The summed E-state index contributed by atoms with van der Waals surface area (Å²) in [5.74, 6) is -0.927. The second-order valence-corrected chi connectivity index (χ2v) is 18.2. The first-order valence-corrected chi connectivity index (χ1v) is 16.9. The molecule has 0 saturated carbocycles. The summed E-state index contributed by atoms with van der Waals surface area (Å²) in [4.78, 5) is 12.3. The number of cyclic esters (lactones) is 1. The van der Waals surface area contributed by atoms with Crippen LogP contribution in [-0.4, -0.2) is 61.3 Å². The van der Waals surface area contributed by atoms with Crippen molar-refractivity contribution in [1.29, 1.82) is 0 Å². The van der Waals surface area contributed by atoms with Crippen molar-refractivity contribution in [2.75, 3.05) is 7.11 Å². The molecule has 0 amide bonds. The van der Waals surface area contributed by atoms with Crippen LogP contribution in [0.5, 0.6) is 0 Å². The van der Waals surface area contributed by atoms with Gasteiger partial charge in [-0.05, 0) is 75.7 Å². The van der Waals surface area contributed by atoms with Crippen molar-refractivity contribution in [2.45, 2.75) is 143 Å². The van der Waals surface area contributed by atoms with Gasteiger partial charge in [0.15, 0.2) is 8.32 Å². The second-order valence-electron chi connectivity index (χ2n) is 13.4. The quantitative estimate of drug-likeness (QED) is 0.152. The molecule has 3 unspecified atom stereocenters. The highest BCUT2D eigenvalue weighted by molar-refractivity contribution is 6.74. The fourth-order valence-corrected chi connectivity index (χ4v) is 6.27. The highest BCUT2D eigenvalue weighted by Gasteiger charge is 2.43. The number of carbonyl (C=O) groups excluding carboxylic acids is 1. The summed E-state index contributed by atoms with van der Waals surface area (Å²) in [6.45, 7) is 25.7. The molecule has 0 fully saturated rings. The van der Waals surface area contributed by atoms with E-state index in [1.54, 1.807) is 40.9 Å². The molecular formula is C30H56O7Si. The average Bonchev–Trinajstić information content (AvgIpc) is 2.76. The fourth-order valence-electron chi connectivity index (χ4n) is 4.80. The number of aliphatic hydroxyl groups is 2. The van der Waals surface area contributed by atoms with Gasteiger partial charge in [-0.15, -0.1) is 0 Å². The average molecular weight is 557 g/mol. The molecule has 1 heterocycles. The van der Waals surface area contributed by atoms with Crippen LogP contribution in [0.1, 0.15) is 95.4 Å². The van der Waals surface area contributed by atoms with E-state index in [-0.39, 0.29) is 35.1 Å². The lowest BCUT2D eigenvalue weighted by Gasteiger charge is -2.43. The molecular weight excluding hydrogens is 500 g/mol. The maximum atomic E-state index is 12.3. The maximum absolute atomic E-state index is 12.3. The van der Waals surface area contributed by atoms with Gasteiger partial charge in [-0.2, -0.15) is 0 Å². The van der Waals surface area contributed by atoms with Gasteiger partial charge in [0.2, 0.25) is 5.79 Å². The summed E-state index contributed by atoms with van der Waals surface area (Å²) in [6, 6.07) is 0. The zero-order valence-electron chi connectivity index (χ0n) is 26.5. The van der Waals surface area contributed by atoms with Crippen LogP contribution in [-0.2, 0) is 23.4 Å². The Balaban J connectivity index is 2.97. The van der Waals surface area contributed by atoms with Crippen molar-refractivity contribution >= 4 is 14.3 Å². The number of ether oxygens (including phenoxy) is 3. The summed E-state index contributed by atoms with van der Waals surface area (Å²) in [7, 11) is -0.423. The third-order valence-corrected chi connectivity index (χ3v) is 12.7. The zero-order valence-corrected chi connectivity index (χ0v) is 27.5. The summed E-state index contributed by atoms with van der Waals surface area (Å²) in [5.41, 5.74) is -0.0268. The standard InChI is InChI=1S/C30H56O7Si/c1-15-24(37-38(13,14)28(6,7)8)30(11,33)18-21(4)25(31)19(2)16-23(34-12)17-20(3)26-22(5)27(32)36-29(9,10)35-26/h18-20,23-25,31,33H,15-17H2,1-14H3/b21-18+/t19?,20-,23?,24-,25?,30+/m1/s1. The van der Waals surface area contributed by atoms with Gasteiger partial charge in [0.25, 0.3) is 0 Å². The first-order valence-electron chi connectivity index (χ1n) is 14.0. The predicted octanol–water partition coefficient (Wildman–Crippen LogP) is 6.50. The Bertz CT molecular complexity index is 866. The number of allylic oxidation sites excluding steroid dienone is 1. The van der Waals surface area contributed by atoms with Gasteiger partial charge in [-0.3, -0.25) is 0 Å². The van der Waals surface area contributed by atoms with Crippen molar-refractivity contribution in [3.05, 3.63) is 23.0 Å². The van der Waals surface area contributed by atoms with Crippen LogP contribution in [0.2, 0.25) is 18.1 Å². The normalized spacial score (nSPS) is 22.6. The fraction of sp³-hybridized carbons (Fsp3) is 0.833. The van der Waals surface area contributed by atoms with E-state index in [2.05, 4.69) is 33.9 Å². The van der Waals surface area contributed by atoms with Gasteiger partial charge in [-0.25, -0.2) is 4.79 Å². The molecule has 0 aromatic rings. The number of aliphatic hydroxyl groups excluding tert-OH is 1. The Morgan fingerprint density at radius 3 is 2.16 bits per heavy atom. The van der Waals surface area contributed by atoms with Crippen molar-refractivity contribution in [3.8, 4) is 0 Å². The third-order valence-electron chi connectivity index (χ3n) is 8.19. The lowest BCUT2D eigenvalue weighted by atomic mass is 9.86. The van der Waals surface area contributed by atoms with Crippen LogP contribution in [0.3, 0.4) is 0 Å². The monoisotopic (exact) mass is 556 g/mol. The first kappa shape index (κ1) is 34.8. The van der Waals surface area contributed by atoms with Gasteiger partial charge < -0.3 is 28.8 Å². The van der Waals surface area contributed by atoms with Crippen LogP contribution in [0.25, 0.3) is 0 Å². The van der Waals surface area contributed by atoms with Crippen molar-refractivity contribution < 1.29 is 33.6 Å². The molecule has 2 N–H and O–H groups in total. The SMILES string of the molecule is CC[C@@H](O[Si](C)(C)C(C)(C)C)[C@@](C)(O)/C=C(\C)C(O)C(C)CC(C[C@@H](C)C1=C(C)C(=O)OC(C)(C)O1)OC. The van der Waals surface area contributed by atoms with E-state index in [0.29, 0.717) is 36.2 Å². The molecule has 0 aromatic heterocycles. The largest absolute Gasteiger partial charge is 0.456 e. The number of hydrogen-bond acceptors (Lipinski definition) is 7. The van der Waals surface area contributed by atoms with E-state index in [4.69, 9.17) is 18.6 Å². The molecule has 0 bridgehead atoms. The van der Waals surface area contributed by atoms with Crippen molar-refractivity contribution in [2.24, 2.45) is 11.8 Å². The van der Waals surface area contributed by atoms with Gasteiger partial charge >= 0.3 is 5.97 Å². The molecule has 8 heteroatoms. The Hall–Kier alpha value is -1.19. The number of rotatable bonds is 13. The molecule has 0 radical (unpaired) electrons. The van der Waals surface area contributed by atoms with E-state index >= 15 is 0 Å². The highest BCUT2D eigenvalue weighted by Crippen LogP contribution is 2.39. The Morgan fingerprint density at radius 1 is 1.13 bits per heavy atom. The lowest BCUT2D eigenvalue weighted by Crippen LogP contribution is -2.50. The van der Waals surface area contributed by atoms with Crippen LogP contribution in [0.4, 0.5) is 0 Å². The van der Waals surface area contributed by atoms with Gasteiger partial charge in [0.05, 0.1) is 23.9 Å². The minimum absolute atomic E-state index is 0.0307. The Morgan fingerprint density at radius 2 is 1.68 bits per heavy atom. The van der Waals surface area contributed by atoms with E-state index in [1.165, 1.54) is 0 Å². The molecule has 222 valence electrons. The third kappa shape index (κ3) is 9.19. The molecule has 1 aliphatic rings. The molecule has 38 heavy (non-hydrogen) atoms. The van der Waals surface area contributed by atoms with Gasteiger partial charge in [0.1, 0.15) is 11.4 Å². The Kier molecular flexibility index (Phi) is 11.9. The molecule has 7 nitrogen and oxygen atoms in total. The molecule has 0 aromatic carbocycles. The van der Waals surface area contributed by atoms with Crippen molar-refractivity contribution in [1.82, 2.24) is 0 Å². The highest BCUT2D eigenvalue weighted by atomic mass is 28.4. The minimum atomic E-state index is -2.09. The molecule has 1 rings (SSSR count). The molecule has 0 aliphatic carbocycles. The zero-order chi connectivity index (χ0) is 29.9. The molecule has 1 aliphatic heterocycles. The second kappa shape index (κ2) is 13.0. The molecule has 0 saturated heterocycles. The molecule has 0 spiro atoms. The van der Waals surface area contributed by atoms with E-state index in [1.807, 2.05) is 27.7 Å².